The molecule has 0 spiro atoms. The van der Waals surface area contributed by atoms with Crippen LogP contribution in [0.3, 0.4) is 0 Å². The number of rotatable bonds is 1. The molecule has 0 fully saturated rings. The van der Waals surface area contributed by atoms with Crippen molar-refractivity contribution in [2.75, 3.05) is 11.1 Å². The van der Waals surface area contributed by atoms with Gasteiger partial charge in [-0.2, -0.15) is 20.4 Å². The van der Waals surface area contributed by atoms with Crippen LogP contribution in [0.2, 0.25) is 0 Å². The van der Waals surface area contributed by atoms with Gasteiger partial charge in [-0.15, -0.1) is 0 Å². The summed E-state index contributed by atoms with van der Waals surface area (Å²) < 4.78 is 0. The molecule has 106 valence electrons. The molecule has 2 aromatic heterocycles. The maximum absolute atomic E-state index is 11.5. The van der Waals surface area contributed by atoms with Crippen LogP contribution in [-0.4, -0.2) is 26.3 Å². The summed E-state index contributed by atoms with van der Waals surface area (Å²) in [6.07, 6.45) is 6.11. The topological polar surface area (TPSA) is 107 Å². The van der Waals surface area contributed by atoms with Crippen molar-refractivity contribution in [1.29, 1.82) is 0 Å². The van der Waals surface area contributed by atoms with E-state index in [0.717, 1.165) is 0 Å². The van der Waals surface area contributed by atoms with Crippen LogP contribution in [-0.2, 0) is 4.79 Å². The monoisotopic (exact) mass is 274 g/mol. The van der Waals surface area contributed by atoms with Gasteiger partial charge in [0.15, 0.2) is 0 Å². The highest BCUT2D eigenvalue weighted by molar-refractivity contribution is 5.94. The lowest BCUT2D eigenvalue weighted by Gasteiger charge is -2.17. The zero-order chi connectivity index (χ0) is 15.0. The van der Waals surface area contributed by atoms with Crippen molar-refractivity contribution < 1.29 is 4.79 Å². The van der Waals surface area contributed by atoms with Crippen molar-refractivity contribution in [3.8, 4) is 0 Å². The Morgan fingerprint density at radius 3 is 2.00 bits per heavy atom. The molecule has 2 aromatic rings. The molecule has 1 amide bonds. The summed E-state index contributed by atoms with van der Waals surface area (Å²) in [5.41, 5.74) is 6.19. The summed E-state index contributed by atoms with van der Waals surface area (Å²) in [4.78, 5) is 11.5. The Kier molecular flexibility index (Phi) is 5.52. The fourth-order valence-corrected chi connectivity index (χ4v) is 0.984. The van der Waals surface area contributed by atoms with Crippen LogP contribution in [0.25, 0.3) is 0 Å². The van der Waals surface area contributed by atoms with E-state index in [-0.39, 0.29) is 11.3 Å². The van der Waals surface area contributed by atoms with E-state index in [1.54, 1.807) is 18.3 Å². The summed E-state index contributed by atoms with van der Waals surface area (Å²) in [5, 5.41) is 17.0. The largest absolute Gasteiger partial charge is 0.397 e. The van der Waals surface area contributed by atoms with Crippen molar-refractivity contribution >= 4 is 17.3 Å². The van der Waals surface area contributed by atoms with Crippen molar-refractivity contribution in [1.82, 2.24) is 20.4 Å². The number of carbonyl (C=O) groups is 1. The Labute approximate surface area is 117 Å². The third kappa shape index (κ3) is 5.85. The molecule has 20 heavy (non-hydrogen) atoms. The standard InChI is InChI=1S/C9H13N3O.C4H5N3/c1-9(2,3)8(13)12-7-4-5-10-11-6-7;5-4-1-2-6-7-3-4/h4-6H,1-3H3,(H,10,12,13);1-3H,(H2,5,6). The van der Waals surface area contributed by atoms with Crippen molar-refractivity contribution in [2.45, 2.75) is 20.8 Å². The Hall–Kier alpha value is -2.57. The van der Waals surface area contributed by atoms with Crippen LogP contribution in [0.4, 0.5) is 11.4 Å². The first kappa shape index (κ1) is 15.5. The molecule has 2 rings (SSSR count). The molecule has 0 saturated carbocycles. The molecule has 0 aliphatic rings. The molecule has 7 heteroatoms. The molecule has 7 nitrogen and oxygen atoms in total. The minimum atomic E-state index is -0.386. The van der Waals surface area contributed by atoms with Gasteiger partial charge in [0.1, 0.15) is 0 Å². The average Bonchev–Trinajstić information content (AvgIpc) is 2.40. The second-order valence-corrected chi connectivity index (χ2v) is 5.01. The number of nitrogens with one attached hydrogen (secondary N) is 1. The first-order valence-corrected chi connectivity index (χ1v) is 6.00. The van der Waals surface area contributed by atoms with Crippen LogP contribution in [0, 0.1) is 5.41 Å². The molecule has 0 aliphatic carbocycles. The molecule has 0 bridgehead atoms. The van der Waals surface area contributed by atoms with Crippen LogP contribution >= 0.6 is 0 Å². The second-order valence-electron chi connectivity index (χ2n) is 5.01. The molecule has 2 heterocycles. The Morgan fingerprint density at radius 2 is 1.65 bits per heavy atom. The number of amides is 1. The van der Waals surface area contributed by atoms with Crippen molar-refractivity contribution in [2.24, 2.45) is 5.41 Å². The van der Waals surface area contributed by atoms with Gasteiger partial charge in [0.25, 0.3) is 0 Å². The van der Waals surface area contributed by atoms with E-state index in [1.807, 2.05) is 20.8 Å². The van der Waals surface area contributed by atoms with Crippen LogP contribution in [0.15, 0.2) is 36.9 Å². The minimum Gasteiger partial charge on any atom is -0.397 e. The number of hydrogen-bond acceptors (Lipinski definition) is 6. The van der Waals surface area contributed by atoms with Gasteiger partial charge in [-0.3, -0.25) is 4.79 Å². The highest BCUT2D eigenvalue weighted by Gasteiger charge is 2.20. The molecular formula is C13H18N6O. The van der Waals surface area contributed by atoms with Crippen LogP contribution < -0.4 is 11.1 Å². The van der Waals surface area contributed by atoms with Gasteiger partial charge in [-0.1, -0.05) is 20.8 Å². The molecule has 3 N–H and O–H groups in total. The number of aromatic nitrogens is 4. The van der Waals surface area contributed by atoms with E-state index in [1.165, 1.54) is 18.6 Å². The zero-order valence-corrected chi connectivity index (χ0v) is 11.7. The van der Waals surface area contributed by atoms with Gasteiger partial charge < -0.3 is 11.1 Å². The molecule has 0 unspecified atom stereocenters. The average molecular weight is 274 g/mol. The van der Waals surface area contributed by atoms with E-state index in [4.69, 9.17) is 5.73 Å². The van der Waals surface area contributed by atoms with Crippen LogP contribution in [0.1, 0.15) is 20.8 Å². The van der Waals surface area contributed by atoms with Gasteiger partial charge in [-0.05, 0) is 12.1 Å². The summed E-state index contributed by atoms with van der Waals surface area (Å²) in [6.45, 7) is 5.57. The number of nitrogens with zero attached hydrogens (tertiary/aromatic N) is 4. The number of hydrogen-bond donors (Lipinski definition) is 2. The van der Waals surface area contributed by atoms with Gasteiger partial charge in [0, 0.05) is 5.41 Å². The molecule has 0 saturated heterocycles. The lowest BCUT2D eigenvalue weighted by molar-refractivity contribution is -0.123. The molecular weight excluding hydrogens is 256 g/mol. The third-order valence-corrected chi connectivity index (χ3v) is 2.13. The summed E-state index contributed by atoms with van der Waals surface area (Å²) in [5.74, 6) is -0.0273. The first-order chi connectivity index (χ1) is 9.39. The minimum absolute atomic E-state index is 0.0273. The van der Waals surface area contributed by atoms with Gasteiger partial charge in [0.2, 0.25) is 5.91 Å². The highest BCUT2D eigenvalue weighted by atomic mass is 16.2. The van der Waals surface area contributed by atoms with E-state index in [9.17, 15) is 4.79 Å². The third-order valence-electron chi connectivity index (χ3n) is 2.13. The Balaban J connectivity index is 0.000000240. The smallest absolute Gasteiger partial charge is 0.229 e. The lowest BCUT2D eigenvalue weighted by Crippen LogP contribution is -2.27. The van der Waals surface area contributed by atoms with Gasteiger partial charge in [0.05, 0.1) is 36.2 Å². The summed E-state index contributed by atoms with van der Waals surface area (Å²) in [7, 11) is 0. The number of anilines is 2. The quantitative estimate of drug-likeness (QED) is 0.816. The fourth-order valence-electron chi connectivity index (χ4n) is 0.984. The fraction of sp³-hybridized carbons (Fsp3) is 0.308. The van der Waals surface area contributed by atoms with Crippen molar-refractivity contribution in [3.63, 3.8) is 0 Å². The molecule has 0 atom stereocenters. The summed E-state index contributed by atoms with van der Waals surface area (Å²) in [6, 6.07) is 3.39. The van der Waals surface area contributed by atoms with E-state index >= 15 is 0 Å². The second kappa shape index (κ2) is 7.13. The van der Waals surface area contributed by atoms with E-state index < -0.39 is 0 Å². The molecule has 0 aliphatic heterocycles. The predicted octanol–water partition coefficient (Wildman–Crippen LogP) is 1.52. The maximum atomic E-state index is 11.5. The first-order valence-electron chi connectivity index (χ1n) is 6.00. The van der Waals surface area contributed by atoms with Crippen molar-refractivity contribution in [3.05, 3.63) is 36.9 Å². The predicted molar refractivity (Wildman–Crippen MR) is 76.6 cm³/mol. The summed E-state index contributed by atoms with van der Waals surface area (Å²) >= 11 is 0. The van der Waals surface area contributed by atoms with Gasteiger partial charge in [-0.25, -0.2) is 0 Å². The molecule has 0 radical (unpaired) electrons. The van der Waals surface area contributed by atoms with E-state index in [0.29, 0.717) is 11.4 Å². The number of nitrogen functional groups attached to an aromatic ring is 1. The molecule has 0 aromatic carbocycles. The SMILES string of the molecule is CC(C)(C)C(=O)Nc1ccnnc1.Nc1ccnnc1. The number of carbonyl (C=O) groups excluding carboxylic acids is 1. The van der Waals surface area contributed by atoms with Crippen LogP contribution in [0.5, 0.6) is 0 Å². The Morgan fingerprint density at radius 1 is 1.05 bits per heavy atom. The maximum Gasteiger partial charge on any atom is 0.229 e. The highest BCUT2D eigenvalue weighted by Crippen LogP contribution is 2.15. The zero-order valence-electron chi connectivity index (χ0n) is 11.7. The normalized spacial score (nSPS) is 10.2. The van der Waals surface area contributed by atoms with E-state index in [2.05, 4.69) is 25.7 Å². The Bertz CT molecular complexity index is 524. The number of nitrogens with two attached hydrogens (primary N) is 1. The van der Waals surface area contributed by atoms with Gasteiger partial charge >= 0.3 is 0 Å². The lowest BCUT2D eigenvalue weighted by atomic mass is 9.96.